The van der Waals surface area contributed by atoms with Crippen molar-refractivity contribution in [3.05, 3.63) is 65.7 Å². The Balaban J connectivity index is 1.60. The number of anilines is 1. The first-order valence-electron chi connectivity index (χ1n) is 10.6. The van der Waals surface area contributed by atoms with Crippen molar-refractivity contribution in [2.24, 2.45) is 0 Å². The van der Waals surface area contributed by atoms with Gasteiger partial charge in [-0.1, -0.05) is 0 Å². The van der Waals surface area contributed by atoms with Gasteiger partial charge in [0.2, 0.25) is 5.82 Å². The molecule has 8 heteroatoms. The van der Waals surface area contributed by atoms with E-state index in [1.807, 2.05) is 28.9 Å². The van der Waals surface area contributed by atoms with Crippen LogP contribution in [0.25, 0.3) is 0 Å². The van der Waals surface area contributed by atoms with Crippen molar-refractivity contribution < 1.29 is 14.0 Å². The molecule has 1 aromatic heterocycles. The maximum absolute atomic E-state index is 13.6. The number of ether oxygens (including phenoxy) is 1. The van der Waals surface area contributed by atoms with E-state index in [2.05, 4.69) is 53.3 Å². The molecule has 2 heterocycles. The summed E-state index contributed by atoms with van der Waals surface area (Å²) in [5, 5.41) is 12.7. The molecular weight excluding hydrogens is 395 g/mol. The molecule has 1 atom stereocenters. The van der Waals surface area contributed by atoms with Gasteiger partial charge in [-0.05, 0) is 79.7 Å². The molecule has 0 saturated carbocycles. The lowest BCUT2D eigenvalue weighted by Gasteiger charge is -2.37. The largest absolute Gasteiger partial charge is 0.497 e. The Kier molecular flexibility index (Phi) is 5.91. The van der Waals surface area contributed by atoms with Crippen LogP contribution in [0.4, 0.5) is 10.1 Å². The molecule has 0 amide bonds. The van der Waals surface area contributed by atoms with Crippen molar-refractivity contribution in [3.63, 3.8) is 0 Å². The number of hydrogen-bond acceptors (Lipinski definition) is 5. The number of quaternary nitrogens is 1. The lowest BCUT2D eigenvalue weighted by molar-refractivity contribution is -0.927. The number of rotatable bonds is 5. The summed E-state index contributed by atoms with van der Waals surface area (Å²) in [4.78, 5) is 3.76. The van der Waals surface area contributed by atoms with Gasteiger partial charge in [0.15, 0.2) is 6.04 Å². The first kappa shape index (κ1) is 21.2. The number of piperazine rings is 1. The molecular formula is C23H30FN6O+. The minimum atomic E-state index is -0.249. The third-order valence-electron chi connectivity index (χ3n) is 5.84. The molecule has 1 N–H and O–H groups in total. The average Bonchev–Trinajstić information content (AvgIpc) is 3.26. The van der Waals surface area contributed by atoms with Crippen LogP contribution in [0.3, 0.4) is 0 Å². The van der Waals surface area contributed by atoms with Crippen LogP contribution in [0, 0.1) is 5.82 Å². The molecule has 31 heavy (non-hydrogen) atoms. The van der Waals surface area contributed by atoms with Crippen LogP contribution < -0.4 is 14.5 Å². The number of hydrogen-bond donors (Lipinski definition) is 1. The van der Waals surface area contributed by atoms with Crippen molar-refractivity contribution in [3.8, 4) is 5.75 Å². The van der Waals surface area contributed by atoms with Crippen LogP contribution in [0.15, 0.2) is 48.5 Å². The second-order valence-corrected chi connectivity index (χ2v) is 8.95. The fourth-order valence-corrected chi connectivity index (χ4v) is 4.21. The third kappa shape index (κ3) is 4.54. The third-order valence-corrected chi connectivity index (χ3v) is 5.84. The van der Waals surface area contributed by atoms with E-state index < -0.39 is 0 Å². The first-order valence-corrected chi connectivity index (χ1v) is 10.6. The molecule has 0 radical (unpaired) electrons. The number of methoxy groups -OCH3 is 1. The Morgan fingerprint density at radius 3 is 2.23 bits per heavy atom. The van der Waals surface area contributed by atoms with Crippen molar-refractivity contribution in [1.29, 1.82) is 0 Å². The van der Waals surface area contributed by atoms with Crippen LogP contribution >= 0.6 is 0 Å². The van der Waals surface area contributed by atoms with Gasteiger partial charge in [-0.3, -0.25) is 0 Å². The molecule has 0 aliphatic carbocycles. The Morgan fingerprint density at radius 2 is 1.65 bits per heavy atom. The minimum Gasteiger partial charge on any atom is -0.497 e. The zero-order valence-electron chi connectivity index (χ0n) is 18.5. The maximum Gasteiger partial charge on any atom is 0.214 e. The van der Waals surface area contributed by atoms with E-state index in [0.29, 0.717) is 0 Å². The normalized spacial score (nSPS) is 16.4. The van der Waals surface area contributed by atoms with Gasteiger partial charge < -0.3 is 14.5 Å². The molecule has 1 aliphatic rings. The van der Waals surface area contributed by atoms with E-state index in [-0.39, 0.29) is 17.4 Å². The van der Waals surface area contributed by atoms with E-state index in [1.54, 1.807) is 7.11 Å². The fourth-order valence-electron chi connectivity index (χ4n) is 4.21. The molecule has 1 fully saturated rings. The number of aromatic nitrogens is 4. The van der Waals surface area contributed by atoms with E-state index in [9.17, 15) is 4.39 Å². The number of halogens is 1. The van der Waals surface area contributed by atoms with Crippen molar-refractivity contribution in [2.75, 3.05) is 38.2 Å². The lowest BCUT2D eigenvalue weighted by Crippen LogP contribution is -3.15. The molecule has 2 aromatic carbocycles. The van der Waals surface area contributed by atoms with E-state index in [1.165, 1.54) is 22.7 Å². The number of benzene rings is 2. The fraction of sp³-hybridized carbons (Fsp3) is 0.435. The number of nitrogens with zero attached hydrogens (tertiary/aromatic N) is 5. The van der Waals surface area contributed by atoms with E-state index in [0.717, 1.165) is 43.3 Å². The van der Waals surface area contributed by atoms with Crippen LogP contribution in [0.2, 0.25) is 0 Å². The highest BCUT2D eigenvalue weighted by Crippen LogP contribution is 2.24. The molecule has 0 spiro atoms. The monoisotopic (exact) mass is 425 g/mol. The van der Waals surface area contributed by atoms with E-state index in [4.69, 9.17) is 4.74 Å². The first-order chi connectivity index (χ1) is 14.9. The van der Waals surface area contributed by atoms with Gasteiger partial charge in [0, 0.05) is 11.3 Å². The predicted octanol–water partition coefficient (Wildman–Crippen LogP) is 2.07. The van der Waals surface area contributed by atoms with Gasteiger partial charge in [-0.2, -0.15) is 0 Å². The van der Waals surface area contributed by atoms with Gasteiger partial charge in [0.1, 0.15) is 11.6 Å². The standard InChI is InChI=1S/C23H29FN6O/c1-23(2,3)30-22(25-26-27-30)21(17-5-7-18(24)8-6-17)29-15-13-28(14-16-29)19-9-11-20(31-4)12-10-19/h5-12,21H,13-16H2,1-4H3/p+1/t21-/m1/s1. The summed E-state index contributed by atoms with van der Waals surface area (Å²) in [6, 6.07) is 14.9. The molecule has 164 valence electrons. The van der Waals surface area contributed by atoms with Crippen molar-refractivity contribution in [2.45, 2.75) is 32.4 Å². The Morgan fingerprint density at radius 1 is 1.00 bits per heavy atom. The van der Waals surface area contributed by atoms with Crippen LogP contribution in [0.1, 0.15) is 38.2 Å². The predicted molar refractivity (Wildman–Crippen MR) is 117 cm³/mol. The number of nitrogens with one attached hydrogen (secondary N) is 1. The average molecular weight is 426 g/mol. The highest BCUT2D eigenvalue weighted by Gasteiger charge is 2.36. The summed E-state index contributed by atoms with van der Waals surface area (Å²) in [6.07, 6.45) is 0. The van der Waals surface area contributed by atoms with E-state index >= 15 is 0 Å². The molecule has 1 saturated heterocycles. The molecule has 4 rings (SSSR count). The smallest absolute Gasteiger partial charge is 0.214 e. The summed E-state index contributed by atoms with van der Waals surface area (Å²) < 4.78 is 20.8. The van der Waals surface area contributed by atoms with Crippen LogP contribution in [-0.2, 0) is 5.54 Å². The summed E-state index contributed by atoms with van der Waals surface area (Å²) >= 11 is 0. The highest BCUT2D eigenvalue weighted by molar-refractivity contribution is 5.49. The second kappa shape index (κ2) is 8.63. The molecule has 3 aromatic rings. The Bertz CT molecular complexity index is 988. The summed E-state index contributed by atoms with van der Waals surface area (Å²) in [6.45, 7) is 9.94. The summed E-state index contributed by atoms with van der Waals surface area (Å²) in [5.74, 6) is 1.43. The van der Waals surface area contributed by atoms with Gasteiger partial charge in [0.25, 0.3) is 0 Å². The van der Waals surface area contributed by atoms with Gasteiger partial charge in [-0.25, -0.2) is 9.07 Å². The van der Waals surface area contributed by atoms with Gasteiger partial charge in [0.05, 0.1) is 38.8 Å². The van der Waals surface area contributed by atoms with Gasteiger partial charge >= 0.3 is 0 Å². The quantitative estimate of drug-likeness (QED) is 0.678. The molecule has 7 nitrogen and oxygen atoms in total. The topological polar surface area (TPSA) is 60.5 Å². The van der Waals surface area contributed by atoms with Crippen molar-refractivity contribution >= 4 is 5.69 Å². The number of tetrazole rings is 1. The van der Waals surface area contributed by atoms with Crippen LogP contribution in [0.5, 0.6) is 5.75 Å². The maximum atomic E-state index is 13.6. The molecule has 0 bridgehead atoms. The summed E-state index contributed by atoms with van der Waals surface area (Å²) in [7, 11) is 1.68. The second-order valence-electron chi connectivity index (χ2n) is 8.95. The van der Waals surface area contributed by atoms with Gasteiger partial charge in [-0.15, -0.1) is 5.10 Å². The Hall–Kier alpha value is -3.00. The van der Waals surface area contributed by atoms with Crippen LogP contribution in [-0.4, -0.2) is 53.5 Å². The zero-order valence-corrected chi connectivity index (χ0v) is 18.5. The molecule has 1 aliphatic heterocycles. The van der Waals surface area contributed by atoms with Crippen molar-refractivity contribution in [1.82, 2.24) is 20.2 Å². The SMILES string of the molecule is COc1ccc(N2CC[NH+]([C@H](c3ccc(F)cc3)c3nnnn3C(C)(C)C)CC2)cc1. The highest BCUT2D eigenvalue weighted by atomic mass is 19.1. The summed E-state index contributed by atoms with van der Waals surface area (Å²) in [5.41, 5.74) is 1.97. The minimum absolute atomic E-state index is 0.0622. The Labute approximate surface area is 182 Å². The lowest BCUT2D eigenvalue weighted by atomic mass is 10.0. The zero-order chi connectivity index (χ0) is 22.0. The molecule has 0 unspecified atom stereocenters.